The van der Waals surface area contributed by atoms with Crippen LogP contribution in [-0.4, -0.2) is 70.0 Å². The minimum absolute atomic E-state index is 0.158. The number of carbonyl (C=O) groups excluding carboxylic acids is 1. The first kappa shape index (κ1) is 17.3. The second-order valence-corrected chi connectivity index (χ2v) is 6.52. The van der Waals surface area contributed by atoms with Crippen molar-refractivity contribution in [2.75, 3.05) is 38.7 Å². The number of hydrogen-bond acceptors (Lipinski definition) is 7. The lowest BCUT2D eigenvalue weighted by Gasteiger charge is -2.31. The first-order valence-electron chi connectivity index (χ1n) is 8.30. The molecule has 0 aliphatic carbocycles. The molecule has 3 rings (SSSR count). The number of anilines is 1. The third-order valence-corrected chi connectivity index (χ3v) is 4.02. The molecule has 1 saturated heterocycles. The van der Waals surface area contributed by atoms with Crippen LogP contribution in [0, 0.1) is 0 Å². The molecule has 25 heavy (non-hydrogen) atoms. The Morgan fingerprint density at radius 2 is 2.16 bits per heavy atom. The molecule has 0 unspecified atom stereocenters. The fourth-order valence-electron chi connectivity index (χ4n) is 2.53. The standard InChI is InChI=1S/C16H23N7O2/c1-10(2)14-17-15(21-20-14)12-9-23(7-8-25-12)16(24)11-5-6-13(19-18-11)22(3)4/h5-6,10,12H,7-9H2,1-4H3,(H,17,20,21)/t12-/m0/s1. The Balaban J connectivity index is 1.70. The number of aromatic nitrogens is 5. The van der Waals surface area contributed by atoms with Gasteiger partial charge in [0.1, 0.15) is 6.10 Å². The molecule has 1 amide bonds. The first-order chi connectivity index (χ1) is 12.0. The SMILES string of the molecule is CC(C)c1n[nH]c([C@@H]2CN(C(=O)c3ccc(N(C)C)nn3)CCO2)n1. The summed E-state index contributed by atoms with van der Waals surface area (Å²) in [6.07, 6.45) is -0.313. The fraction of sp³-hybridized carbons (Fsp3) is 0.562. The van der Waals surface area contributed by atoms with Gasteiger partial charge in [-0.15, -0.1) is 10.2 Å². The van der Waals surface area contributed by atoms with Gasteiger partial charge < -0.3 is 14.5 Å². The largest absolute Gasteiger partial charge is 0.367 e. The average Bonchev–Trinajstić information content (AvgIpc) is 3.12. The summed E-state index contributed by atoms with van der Waals surface area (Å²) in [5, 5.41) is 15.2. The fourth-order valence-corrected chi connectivity index (χ4v) is 2.53. The van der Waals surface area contributed by atoms with Crippen LogP contribution in [-0.2, 0) is 4.74 Å². The second kappa shape index (κ2) is 7.14. The highest BCUT2D eigenvalue weighted by molar-refractivity contribution is 5.92. The Kier molecular flexibility index (Phi) is 4.93. The third-order valence-electron chi connectivity index (χ3n) is 4.02. The van der Waals surface area contributed by atoms with E-state index in [0.717, 1.165) is 5.82 Å². The van der Waals surface area contributed by atoms with Crippen molar-refractivity contribution in [2.24, 2.45) is 0 Å². The van der Waals surface area contributed by atoms with E-state index in [4.69, 9.17) is 4.74 Å². The highest BCUT2D eigenvalue weighted by Crippen LogP contribution is 2.21. The molecule has 1 fully saturated rings. The van der Waals surface area contributed by atoms with Crippen LogP contribution in [0.4, 0.5) is 5.82 Å². The number of rotatable bonds is 4. The molecular formula is C16H23N7O2. The number of ether oxygens (including phenoxy) is 1. The number of H-pyrrole nitrogens is 1. The molecular weight excluding hydrogens is 322 g/mol. The van der Waals surface area contributed by atoms with E-state index in [9.17, 15) is 4.79 Å². The van der Waals surface area contributed by atoms with Crippen molar-refractivity contribution in [1.29, 1.82) is 0 Å². The number of morpholine rings is 1. The van der Waals surface area contributed by atoms with Crippen LogP contribution < -0.4 is 4.90 Å². The van der Waals surface area contributed by atoms with E-state index in [0.29, 0.717) is 37.0 Å². The highest BCUT2D eigenvalue weighted by atomic mass is 16.5. The quantitative estimate of drug-likeness (QED) is 0.882. The monoisotopic (exact) mass is 345 g/mol. The van der Waals surface area contributed by atoms with E-state index in [2.05, 4.69) is 25.4 Å². The predicted octanol–water partition coefficient (Wildman–Crippen LogP) is 0.998. The molecule has 1 aliphatic rings. The van der Waals surface area contributed by atoms with E-state index >= 15 is 0 Å². The van der Waals surface area contributed by atoms with Crippen molar-refractivity contribution >= 4 is 11.7 Å². The summed E-state index contributed by atoms with van der Waals surface area (Å²) in [6, 6.07) is 3.48. The lowest BCUT2D eigenvalue weighted by Crippen LogP contribution is -2.43. The first-order valence-corrected chi connectivity index (χ1v) is 8.30. The van der Waals surface area contributed by atoms with Gasteiger partial charge in [0.2, 0.25) is 0 Å². The molecule has 9 nitrogen and oxygen atoms in total. The molecule has 1 atom stereocenters. The van der Waals surface area contributed by atoms with Gasteiger partial charge in [0, 0.05) is 26.6 Å². The minimum atomic E-state index is -0.313. The zero-order valence-electron chi connectivity index (χ0n) is 14.9. The lowest BCUT2D eigenvalue weighted by atomic mass is 10.2. The average molecular weight is 345 g/mol. The number of nitrogens with zero attached hydrogens (tertiary/aromatic N) is 6. The Morgan fingerprint density at radius 1 is 1.36 bits per heavy atom. The summed E-state index contributed by atoms with van der Waals surface area (Å²) in [5.74, 6) is 2.17. The second-order valence-electron chi connectivity index (χ2n) is 6.52. The van der Waals surface area contributed by atoms with Gasteiger partial charge in [-0.2, -0.15) is 5.10 Å². The molecule has 0 bridgehead atoms. The Labute approximate surface area is 146 Å². The van der Waals surface area contributed by atoms with Crippen LogP contribution in [0.1, 0.15) is 48.0 Å². The Hall–Kier alpha value is -2.55. The summed E-state index contributed by atoms with van der Waals surface area (Å²) in [7, 11) is 3.75. The molecule has 9 heteroatoms. The van der Waals surface area contributed by atoms with Crippen LogP contribution in [0.2, 0.25) is 0 Å². The van der Waals surface area contributed by atoms with Crippen molar-refractivity contribution in [2.45, 2.75) is 25.9 Å². The molecule has 0 aromatic carbocycles. The summed E-state index contributed by atoms with van der Waals surface area (Å²) in [5.41, 5.74) is 0.326. The summed E-state index contributed by atoms with van der Waals surface area (Å²) < 4.78 is 5.75. The van der Waals surface area contributed by atoms with Crippen molar-refractivity contribution < 1.29 is 9.53 Å². The molecule has 1 aliphatic heterocycles. The maximum atomic E-state index is 12.7. The lowest BCUT2D eigenvalue weighted by molar-refractivity contribution is -0.0269. The van der Waals surface area contributed by atoms with Crippen molar-refractivity contribution in [1.82, 2.24) is 30.3 Å². The molecule has 3 heterocycles. The molecule has 0 spiro atoms. The number of aromatic amines is 1. The number of carbonyl (C=O) groups is 1. The Morgan fingerprint density at radius 3 is 2.76 bits per heavy atom. The molecule has 2 aromatic rings. The maximum absolute atomic E-state index is 12.7. The zero-order valence-corrected chi connectivity index (χ0v) is 14.9. The minimum Gasteiger partial charge on any atom is -0.367 e. The van der Waals surface area contributed by atoms with Gasteiger partial charge in [-0.05, 0) is 12.1 Å². The van der Waals surface area contributed by atoms with Crippen LogP contribution in [0.25, 0.3) is 0 Å². The van der Waals surface area contributed by atoms with E-state index in [1.54, 1.807) is 17.0 Å². The van der Waals surface area contributed by atoms with E-state index < -0.39 is 0 Å². The van der Waals surface area contributed by atoms with E-state index in [-0.39, 0.29) is 17.9 Å². The third kappa shape index (κ3) is 3.76. The molecule has 1 N–H and O–H groups in total. The van der Waals surface area contributed by atoms with Gasteiger partial charge in [-0.25, -0.2) is 4.98 Å². The van der Waals surface area contributed by atoms with Gasteiger partial charge in [-0.1, -0.05) is 13.8 Å². The highest BCUT2D eigenvalue weighted by Gasteiger charge is 2.29. The summed E-state index contributed by atoms with van der Waals surface area (Å²) >= 11 is 0. The van der Waals surface area contributed by atoms with Crippen LogP contribution in [0.3, 0.4) is 0 Å². The number of hydrogen-bond donors (Lipinski definition) is 1. The van der Waals surface area contributed by atoms with Crippen molar-refractivity contribution in [3.8, 4) is 0 Å². The molecule has 2 aromatic heterocycles. The van der Waals surface area contributed by atoms with Gasteiger partial charge in [-0.3, -0.25) is 9.89 Å². The van der Waals surface area contributed by atoms with Crippen LogP contribution in [0.15, 0.2) is 12.1 Å². The van der Waals surface area contributed by atoms with Gasteiger partial charge in [0.05, 0.1) is 13.2 Å². The summed E-state index contributed by atoms with van der Waals surface area (Å²) in [6.45, 7) is 5.42. The van der Waals surface area contributed by atoms with E-state index in [1.807, 2.05) is 32.8 Å². The predicted molar refractivity (Wildman–Crippen MR) is 91.4 cm³/mol. The molecule has 0 saturated carbocycles. The van der Waals surface area contributed by atoms with Crippen LogP contribution in [0.5, 0.6) is 0 Å². The van der Waals surface area contributed by atoms with Crippen molar-refractivity contribution in [3.05, 3.63) is 29.5 Å². The van der Waals surface area contributed by atoms with Crippen LogP contribution >= 0.6 is 0 Å². The Bertz CT molecular complexity index is 726. The summed E-state index contributed by atoms with van der Waals surface area (Å²) in [4.78, 5) is 20.7. The van der Waals surface area contributed by atoms with Gasteiger partial charge in [0.25, 0.3) is 5.91 Å². The smallest absolute Gasteiger partial charge is 0.274 e. The topological polar surface area (TPSA) is 100 Å². The van der Waals surface area contributed by atoms with E-state index in [1.165, 1.54) is 0 Å². The van der Waals surface area contributed by atoms with Gasteiger partial charge >= 0.3 is 0 Å². The zero-order chi connectivity index (χ0) is 18.0. The molecule has 0 radical (unpaired) electrons. The number of nitrogens with one attached hydrogen (secondary N) is 1. The molecule has 134 valence electrons. The normalized spacial score (nSPS) is 17.8. The maximum Gasteiger partial charge on any atom is 0.274 e. The number of amides is 1. The van der Waals surface area contributed by atoms with Gasteiger partial charge in [0.15, 0.2) is 23.2 Å². The van der Waals surface area contributed by atoms with Crippen molar-refractivity contribution in [3.63, 3.8) is 0 Å².